The Morgan fingerprint density at radius 3 is 2.80 bits per heavy atom. The smallest absolute Gasteiger partial charge is 0.263 e. The molecule has 0 bridgehead atoms. The molecule has 9 heteroatoms. The number of carbonyl (C=O) groups is 1. The Bertz CT molecular complexity index is 1240. The van der Waals surface area contributed by atoms with Crippen molar-refractivity contribution < 1.29 is 18.3 Å². The van der Waals surface area contributed by atoms with Gasteiger partial charge in [-0.3, -0.25) is 9.69 Å². The number of fused-ring (bicyclic) bond motifs is 1. The van der Waals surface area contributed by atoms with Gasteiger partial charge in [0.05, 0.1) is 17.7 Å². The van der Waals surface area contributed by atoms with E-state index in [0.717, 1.165) is 32.4 Å². The van der Waals surface area contributed by atoms with E-state index in [-0.39, 0.29) is 17.5 Å². The molecule has 2 aliphatic rings. The zero-order valence-electron chi connectivity index (χ0n) is 20.3. The number of nitrogens with zero attached hydrogens (tertiary/aromatic N) is 3. The van der Waals surface area contributed by atoms with E-state index in [1.165, 1.54) is 18.5 Å². The number of alkyl halides is 2. The Kier molecular flexibility index (Phi) is 6.44. The van der Waals surface area contributed by atoms with E-state index in [1.807, 2.05) is 6.92 Å². The van der Waals surface area contributed by atoms with Crippen molar-refractivity contribution in [2.45, 2.75) is 58.5 Å². The van der Waals surface area contributed by atoms with Crippen LogP contribution in [0.1, 0.15) is 61.2 Å². The van der Waals surface area contributed by atoms with Crippen LogP contribution in [0.5, 0.6) is 5.75 Å². The van der Waals surface area contributed by atoms with Crippen molar-refractivity contribution in [1.29, 1.82) is 0 Å². The van der Waals surface area contributed by atoms with Crippen LogP contribution in [0, 0.1) is 12.8 Å². The van der Waals surface area contributed by atoms with Crippen LogP contribution in [0.25, 0.3) is 22.3 Å². The lowest BCUT2D eigenvalue weighted by Gasteiger charge is -2.17. The monoisotopic (exact) mass is 483 g/mol. The molecule has 1 saturated heterocycles. The maximum Gasteiger partial charge on any atom is 0.263 e. The number of H-pyrrole nitrogens is 1. The van der Waals surface area contributed by atoms with Gasteiger partial charge in [-0.1, -0.05) is 6.92 Å². The minimum Gasteiger partial charge on any atom is -0.493 e. The van der Waals surface area contributed by atoms with Gasteiger partial charge in [-0.05, 0) is 63.8 Å². The van der Waals surface area contributed by atoms with E-state index in [2.05, 4.69) is 39.0 Å². The molecule has 5 rings (SSSR count). The molecule has 2 atom stereocenters. The number of ether oxygens (including phenoxy) is 1. The Morgan fingerprint density at radius 2 is 2.11 bits per heavy atom. The first-order valence-corrected chi connectivity index (χ1v) is 12.3. The van der Waals surface area contributed by atoms with Gasteiger partial charge in [0.2, 0.25) is 0 Å². The molecule has 186 valence electrons. The summed E-state index contributed by atoms with van der Waals surface area (Å²) in [5.74, 6) is 0.812. The highest BCUT2D eigenvalue weighted by atomic mass is 19.3. The predicted octanol–water partition coefficient (Wildman–Crippen LogP) is 4.87. The van der Waals surface area contributed by atoms with Gasteiger partial charge in [-0.25, -0.2) is 18.7 Å². The van der Waals surface area contributed by atoms with Crippen LogP contribution in [-0.4, -0.2) is 57.5 Å². The van der Waals surface area contributed by atoms with Crippen molar-refractivity contribution in [2.75, 3.05) is 19.7 Å². The molecule has 2 aromatic heterocycles. The van der Waals surface area contributed by atoms with Gasteiger partial charge in [-0.2, -0.15) is 0 Å². The lowest BCUT2D eigenvalue weighted by atomic mass is 10.0. The molecule has 7 nitrogen and oxygen atoms in total. The Hall–Kier alpha value is -3.07. The van der Waals surface area contributed by atoms with Crippen molar-refractivity contribution in [3.8, 4) is 17.0 Å². The second-order valence-electron chi connectivity index (χ2n) is 9.72. The number of aromatic amines is 1. The van der Waals surface area contributed by atoms with Gasteiger partial charge in [0.25, 0.3) is 12.3 Å². The number of amides is 1. The fourth-order valence-electron chi connectivity index (χ4n) is 4.99. The Morgan fingerprint density at radius 1 is 1.31 bits per heavy atom. The first-order valence-electron chi connectivity index (χ1n) is 12.3. The molecule has 3 aromatic rings. The molecular weight excluding hydrogens is 452 g/mol. The fourth-order valence-corrected chi connectivity index (χ4v) is 4.99. The molecule has 2 fully saturated rings. The van der Waals surface area contributed by atoms with Crippen molar-refractivity contribution in [1.82, 2.24) is 25.2 Å². The van der Waals surface area contributed by atoms with Crippen LogP contribution in [-0.2, 0) is 0 Å². The van der Waals surface area contributed by atoms with Crippen LogP contribution in [0.4, 0.5) is 8.78 Å². The van der Waals surface area contributed by atoms with Crippen molar-refractivity contribution in [3.05, 3.63) is 41.3 Å². The number of benzene rings is 1. The van der Waals surface area contributed by atoms with Crippen molar-refractivity contribution in [2.24, 2.45) is 5.92 Å². The third-order valence-electron chi connectivity index (χ3n) is 7.13. The van der Waals surface area contributed by atoms with Gasteiger partial charge < -0.3 is 15.0 Å². The minimum atomic E-state index is -2.62. The number of rotatable bonds is 8. The number of halogens is 2. The predicted molar refractivity (Wildman–Crippen MR) is 130 cm³/mol. The van der Waals surface area contributed by atoms with E-state index < -0.39 is 6.43 Å². The number of likely N-dealkylation sites (N-methyl/N-ethyl adjacent to an activating group) is 1. The highest BCUT2D eigenvalue weighted by molar-refractivity contribution is 6.09. The quantitative estimate of drug-likeness (QED) is 0.478. The van der Waals surface area contributed by atoms with E-state index in [0.29, 0.717) is 57.9 Å². The van der Waals surface area contributed by atoms with Crippen LogP contribution >= 0.6 is 0 Å². The van der Waals surface area contributed by atoms with Gasteiger partial charge in [0.1, 0.15) is 23.3 Å². The van der Waals surface area contributed by atoms with Crippen LogP contribution in [0.15, 0.2) is 24.5 Å². The summed E-state index contributed by atoms with van der Waals surface area (Å²) >= 11 is 0. The molecule has 35 heavy (non-hydrogen) atoms. The first-order chi connectivity index (χ1) is 16.9. The van der Waals surface area contributed by atoms with E-state index in [1.54, 1.807) is 6.07 Å². The van der Waals surface area contributed by atoms with Crippen molar-refractivity contribution >= 4 is 16.9 Å². The highest BCUT2D eigenvalue weighted by Gasteiger charge is 2.31. The first kappa shape index (κ1) is 23.7. The number of carbonyl (C=O) groups excluding carboxylic acids is 1. The Labute approximate surface area is 203 Å². The van der Waals surface area contributed by atoms with Crippen LogP contribution in [0.2, 0.25) is 0 Å². The molecule has 1 saturated carbocycles. The standard InChI is InChI=1S/C26H31F2N5O2/c1-4-33-11-18(9-14(33)2)32-26(34)21-15(3)31-24-22(29-13-30-23(21)24)19-10-17(25(27)28)7-8-20(19)35-12-16-5-6-16/h7-8,10,13-14,16,18,25,31H,4-6,9,11-12H2,1-3H3,(H,32,34)/t14-,18-/m0/s1. The zero-order chi connectivity index (χ0) is 24.7. The molecule has 0 spiro atoms. The van der Waals surface area contributed by atoms with Crippen LogP contribution in [0.3, 0.4) is 0 Å². The van der Waals surface area contributed by atoms with Crippen molar-refractivity contribution in [3.63, 3.8) is 0 Å². The van der Waals surface area contributed by atoms with Gasteiger partial charge in [-0.15, -0.1) is 0 Å². The molecule has 1 aliphatic carbocycles. The lowest BCUT2D eigenvalue weighted by Crippen LogP contribution is -2.37. The largest absolute Gasteiger partial charge is 0.493 e. The molecular formula is C26H31F2N5O2. The minimum absolute atomic E-state index is 0.0632. The molecule has 3 heterocycles. The maximum atomic E-state index is 13.5. The van der Waals surface area contributed by atoms with E-state index in [9.17, 15) is 13.6 Å². The fraction of sp³-hybridized carbons (Fsp3) is 0.500. The summed E-state index contributed by atoms with van der Waals surface area (Å²) in [5, 5.41) is 3.16. The summed E-state index contributed by atoms with van der Waals surface area (Å²) in [6.07, 6.45) is 1.88. The average molecular weight is 484 g/mol. The normalized spacial score (nSPS) is 20.6. The molecule has 1 aliphatic heterocycles. The highest BCUT2D eigenvalue weighted by Crippen LogP contribution is 2.38. The average Bonchev–Trinajstić information content (AvgIpc) is 3.50. The molecule has 2 N–H and O–H groups in total. The summed E-state index contributed by atoms with van der Waals surface area (Å²) in [6, 6.07) is 4.87. The van der Waals surface area contributed by atoms with Gasteiger partial charge in [0.15, 0.2) is 0 Å². The number of nitrogens with one attached hydrogen (secondary N) is 2. The third kappa shape index (κ3) is 4.74. The number of hydrogen-bond acceptors (Lipinski definition) is 5. The summed E-state index contributed by atoms with van der Waals surface area (Å²) < 4.78 is 33.1. The number of likely N-dealkylation sites (tertiary alicyclic amines) is 1. The SMILES string of the molecule is CCN1C[C@@H](NC(=O)c2c(C)[nH]c3c(-c4cc(C(F)F)ccc4OCC4CC4)ncnc23)C[C@@H]1C. The molecule has 0 unspecified atom stereocenters. The second kappa shape index (κ2) is 9.53. The topological polar surface area (TPSA) is 83.1 Å². The maximum absolute atomic E-state index is 13.5. The third-order valence-corrected chi connectivity index (χ3v) is 7.13. The number of aryl methyl sites for hydroxylation is 1. The summed E-state index contributed by atoms with van der Waals surface area (Å²) in [4.78, 5) is 27.7. The number of hydrogen-bond donors (Lipinski definition) is 2. The summed E-state index contributed by atoms with van der Waals surface area (Å²) in [5.41, 5.74) is 2.92. The Balaban J connectivity index is 1.51. The lowest BCUT2D eigenvalue weighted by molar-refractivity contribution is 0.0938. The van der Waals surface area contributed by atoms with Gasteiger partial charge in [0, 0.05) is 35.4 Å². The molecule has 0 radical (unpaired) electrons. The molecule has 1 amide bonds. The van der Waals surface area contributed by atoms with E-state index >= 15 is 0 Å². The van der Waals surface area contributed by atoms with Crippen LogP contribution < -0.4 is 10.1 Å². The number of aromatic nitrogens is 3. The zero-order valence-corrected chi connectivity index (χ0v) is 20.3. The summed E-state index contributed by atoms with van der Waals surface area (Å²) in [7, 11) is 0. The van der Waals surface area contributed by atoms with Gasteiger partial charge >= 0.3 is 0 Å². The molecule has 1 aromatic carbocycles. The second-order valence-corrected chi connectivity index (χ2v) is 9.72. The van der Waals surface area contributed by atoms with E-state index in [4.69, 9.17) is 4.74 Å². The summed E-state index contributed by atoms with van der Waals surface area (Å²) in [6.45, 7) is 8.40.